The normalized spacial score (nSPS) is 11.3. The SMILES string of the molecule is NCCCCCc1nc(Cc2nc3ccccc3[nH]2)no1. The van der Waals surface area contributed by atoms with Crippen molar-refractivity contribution in [3.8, 4) is 0 Å². The van der Waals surface area contributed by atoms with Crippen molar-refractivity contribution in [1.82, 2.24) is 20.1 Å². The van der Waals surface area contributed by atoms with Crippen LogP contribution >= 0.6 is 0 Å². The van der Waals surface area contributed by atoms with Gasteiger partial charge in [0.15, 0.2) is 5.82 Å². The van der Waals surface area contributed by atoms with E-state index in [0.29, 0.717) is 18.1 Å². The Morgan fingerprint density at radius 3 is 2.86 bits per heavy atom. The molecule has 3 rings (SSSR count). The number of hydrogen-bond donors (Lipinski definition) is 2. The molecule has 1 aromatic carbocycles. The van der Waals surface area contributed by atoms with E-state index >= 15 is 0 Å². The van der Waals surface area contributed by atoms with E-state index in [1.165, 1.54) is 0 Å². The van der Waals surface area contributed by atoms with Crippen LogP contribution in [-0.4, -0.2) is 26.7 Å². The molecular formula is C15H19N5O. The minimum absolute atomic E-state index is 0.557. The van der Waals surface area contributed by atoms with E-state index < -0.39 is 0 Å². The minimum atomic E-state index is 0.557. The van der Waals surface area contributed by atoms with Crippen molar-refractivity contribution >= 4 is 11.0 Å². The number of hydrogen-bond acceptors (Lipinski definition) is 5. The lowest BCUT2D eigenvalue weighted by Gasteiger charge is -1.94. The molecule has 21 heavy (non-hydrogen) atoms. The van der Waals surface area contributed by atoms with Gasteiger partial charge in [0.1, 0.15) is 5.82 Å². The average Bonchev–Trinajstić information content (AvgIpc) is 3.10. The molecule has 110 valence electrons. The number of aromatic nitrogens is 4. The molecule has 2 heterocycles. The third kappa shape index (κ3) is 3.46. The summed E-state index contributed by atoms with van der Waals surface area (Å²) in [4.78, 5) is 12.2. The van der Waals surface area contributed by atoms with Crippen molar-refractivity contribution in [2.24, 2.45) is 5.73 Å². The molecule has 0 radical (unpaired) electrons. The van der Waals surface area contributed by atoms with Crippen molar-refractivity contribution in [2.75, 3.05) is 6.54 Å². The van der Waals surface area contributed by atoms with Crippen LogP contribution in [0.15, 0.2) is 28.8 Å². The molecular weight excluding hydrogens is 266 g/mol. The minimum Gasteiger partial charge on any atom is -0.342 e. The zero-order valence-corrected chi connectivity index (χ0v) is 11.9. The van der Waals surface area contributed by atoms with Gasteiger partial charge in [-0.15, -0.1) is 0 Å². The van der Waals surface area contributed by atoms with Crippen LogP contribution in [0.25, 0.3) is 11.0 Å². The molecule has 0 atom stereocenters. The Labute approximate surface area is 122 Å². The van der Waals surface area contributed by atoms with Crippen molar-refractivity contribution < 1.29 is 4.52 Å². The van der Waals surface area contributed by atoms with E-state index in [4.69, 9.17) is 10.3 Å². The summed E-state index contributed by atoms with van der Waals surface area (Å²) in [5.74, 6) is 2.22. The number of aromatic amines is 1. The highest BCUT2D eigenvalue weighted by atomic mass is 16.5. The molecule has 0 aliphatic carbocycles. The lowest BCUT2D eigenvalue weighted by molar-refractivity contribution is 0.369. The van der Waals surface area contributed by atoms with Gasteiger partial charge in [-0.1, -0.05) is 23.7 Å². The number of nitrogens with two attached hydrogens (primary N) is 1. The van der Waals surface area contributed by atoms with Crippen molar-refractivity contribution in [1.29, 1.82) is 0 Å². The first-order chi connectivity index (χ1) is 10.3. The maximum Gasteiger partial charge on any atom is 0.226 e. The number of benzene rings is 1. The lowest BCUT2D eigenvalue weighted by Crippen LogP contribution is -1.98. The van der Waals surface area contributed by atoms with Crippen molar-refractivity contribution in [3.05, 3.63) is 41.8 Å². The Hall–Kier alpha value is -2.21. The third-order valence-corrected chi connectivity index (χ3v) is 3.37. The summed E-state index contributed by atoms with van der Waals surface area (Å²) in [5.41, 5.74) is 7.45. The first kappa shape index (κ1) is 13.8. The summed E-state index contributed by atoms with van der Waals surface area (Å²) in [5, 5.41) is 4.01. The summed E-state index contributed by atoms with van der Waals surface area (Å²) in [6, 6.07) is 7.94. The highest BCUT2D eigenvalue weighted by Crippen LogP contribution is 2.13. The van der Waals surface area contributed by atoms with Gasteiger partial charge in [-0.3, -0.25) is 0 Å². The van der Waals surface area contributed by atoms with Gasteiger partial charge in [0.2, 0.25) is 5.89 Å². The van der Waals surface area contributed by atoms with Gasteiger partial charge in [-0.2, -0.15) is 4.98 Å². The van der Waals surface area contributed by atoms with Crippen LogP contribution in [0.2, 0.25) is 0 Å². The standard InChI is InChI=1S/C15H19N5O/c16-9-5-1-2-8-15-19-14(20-21-15)10-13-17-11-6-3-4-7-12(11)18-13/h3-4,6-7H,1-2,5,8-10,16H2,(H,17,18). The highest BCUT2D eigenvalue weighted by molar-refractivity contribution is 5.74. The van der Waals surface area contributed by atoms with Crippen molar-refractivity contribution in [3.63, 3.8) is 0 Å². The predicted molar refractivity (Wildman–Crippen MR) is 79.8 cm³/mol. The number of unbranched alkanes of at least 4 members (excludes halogenated alkanes) is 2. The molecule has 6 heteroatoms. The van der Waals surface area contributed by atoms with Gasteiger partial charge in [-0.05, 0) is 31.5 Å². The number of nitrogens with one attached hydrogen (secondary N) is 1. The topological polar surface area (TPSA) is 93.6 Å². The number of aryl methyl sites for hydroxylation is 1. The Morgan fingerprint density at radius 1 is 1.10 bits per heavy atom. The number of rotatable bonds is 7. The molecule has 0 unspecified atom stereocenters. The van der Waals surface area contributed by atoms with E-state index in [1.54, 1.807) is 0 Å². The maximum absolute atomic E-state index is 5.47. The van der Waals surface area contributed by atoms with Gasteiger partial charge in [0, 0.05) is 6.42 Å². The average molecular weight is 285 g/mol. The van der Waals surface area contributed by atoms with E-state index in [0.717, 1.165) is 49.1 Å². The number of imidazole rings is 1. The van der Waals surface area contributed by atoms with Crippen molar-refractivity contribution in [2.45, 2.75) is 32.1 Å². The molecule has 0 amide bonds. The number of nitrogens with zero attached hydrogens (tertiary/aromatic N) is 3. The summed E-state index contributed by atoms with van der Waals surface area (Å²) >= 11 is 0. The fourth-order valence-electron chi connectivity index (χ4n) is 2.30. The second kappa shape index (κ2) is 6.49. The van der Waals surface area contributed by atoms with Gasteiger partial charge < -0.3 is 15.2 Å². The predicted octanol–water partition coefficient (Wildman–Crippen LogP) is 2.21. The van der Waals surface area contributed by atoms with Crippen LogP contribution in [0.3, 0.4) is 0 Å². The number of fused-ring (bicyclic) bond motifs is 1. The molecule has 0 aliphatic rings. The molecule has 0 saturated heterocycles. The lowest BCUT2D eigenvalue weighted by atomic mass is 10.2. The Balaban J connectivity index is 1.61. The second-order valence-electron chi connectivity index (χ2n) is 5.08. The van der Waals surface area contributed by atoms with Crippen LogP contribution in [0.5, 0.6) is 0 Å². The monoisotopic (exact) mass is 285 g/mol. The third-order valence-electron chi connectivity index (χ3n) is 3.37. The highest BCUT2D eigenvalue weighted by Gasteiger charge is 2.09. The molecule has 2 aromatic heterocycles. The fraction of sp³-hybridized carbons (Fsp3) is 0.400. The molecule has 0 aliphatic heterocycles. The molecule has 6 nitrogen and oxygen atoms in total. The van der Waals surface area contributed by atoms with Crippen LogP contribution in [0.1, 0.15) is 36.8 Å². The van der Waals surface area contributed by atoms with Crippen LogP contribution in [-0.2, 0) is 12.8 Å². The molecule has 3 aromatic rings. The van der Waals surface area contributed by atoms with E-state index in [2.05, 4.69) is 20.1 Å². The zero-order chi connectivity index (χ0) is 14.5. The molecule has 0 fully saturated rings. The summed E-state index contributed by atoms with van der Waals surface area (Å²) in [7, 11) is 0. The van der Waals surface area contributed by atoms with Gasteiger partial charge in [0.25, 0.3) is 0 Å². The zero-order valence-electron chi connectivity index (χ0n) is 11.9. The quantitative estimate of drug-likeness (QED) is 0.649. The second-order valence-corrected chi connectivity index (χ2v) is 5.08. The molecule has 0 bridgehead atoms. The summed E-state index contributed by atoms with van der Waals surface area (Å²) in [6.45, 7) is 0.737. The van der Waals surface area contributed by atoms with E-state index in [9.17, 15) is 0 Å². The van der Waals surface area contributed by atoms with Gasteiger partial charge in [-0.25, -0.2) is 4.98 Å². The van der Waals surface area contributed by atoms with Crippen LogP contribution < -0.4 is 5.73 Å². The van der Waals surface area contributed by atoms with Gasteiger partial charge in [0.05, 0.1) is 17.5 Å². The Kier molecular flexibility index (Phi) is 4.25. The Bertz CT molecular complexity index is 670. The number of H-pyrrole nitrogens is 1. The summed E-state index contributed by atoms with van der Waals surface area (Å²) < 4.78 is 5.26. The molecule has 3 N–H and O–H groups in total. The molecule has 0 spiro atoms. The van der Waals surface area contributed by atoms with Gasteiger partial charge >= 0.3 is 0 Å². The smallest absolute Gasteiger partial charge is 0.226 e. The van der Waals surface area contributed by atoms with Crippen LogP contribution in [0, 0.1) is 0 Å². The fourth-order valence-corrected chi connectivity index (χ4v) is 2.30. The molecule has 0 saturated carbocycles. The largest absolute Gasteiger partial charge is 0.342 e. The van der Waals surface area contributed by atoms with E-state index in [1.807, 2.05) is 24.3 Å². The van der Waals surface area contributed by atoms with E-state index in [-0.39, 0.29) is 0 Å². The maximum atomic E-state index is 5.47. The summed E-state index contributed by atoms with van der Waals surface area (Å²) in [6.07, 6.45) is 4.54. The number of para-hydroxylation sites is 2. The first-order valence-corrected chi connectivity index (χ1v) is 7.30. The first-order valence-electron chi connectivity index (χ1n) is 7.30. The Morgan fingerprint density at radius 2 is 2.00 bits per heavy atom. The van der Waals surface area contributed by atoms with Crippen LogP contribution in [0.4, 0.5) is 0 Å².